The number of nitrogens with zero attached hydrogens (tertiary/aromatic N) is 2. The van der Waals surface area contributed by atoms with Crippen molar-refractivity contribution in [1.82, 2.24) is 9.78 Å². The zero-order valence-corrected chi connectivity index (χ0v) is 11.3. The maximum atomic E-state index is 10.1. The van der Waals surface area contributed by atoms with Crippen LogP contribution in [0.4, 0.5) is 0 Å². The molecule has 1 unspecified atom stereocenters. The molecular weight excluding hydrogens is 224 g/mol. The largest absolute Gasteiger partial charge is 0.392 e. The van der Waals surface area contributed by atoms with Gasteiger partial charge >= 0.3 is 0 Å². The number of aliphatic hydroxyl groups excluding tert-OH is 1. The number of aromatic nitrogens is 2. The third-order valence-corrected chi connectivity index (χ3v) is 3.75. The van der Waals surface area contributed by atoms with E-state index in [1.54, 1.807) is 4.68 Å². The first-order chi connectivity index (χ1) is 7.51. The van der Waals surface area contributed by atoms with Crippen LogP contribution in [0, 0.1) is 12.8 Å². The van der Waals surface area contributed by atoms with Crippen molar-refractivity contribution in [2.24, 2.45) is 13.0 Å². The van der Waals surface area contributed by atoms with Crippen molar-refractivity contribution in [2.45, 2.75) is 46.1 Å². The normalized spacial score (nSPS) is 13.4. The van der Waals surface area contributed by atoms with E-state index in [-0.39, 0.29) is 6.10 Å². The van der Waals surface area contributed by atoms with Crippen molar-refractivity contribution in [2.75, 3.05) is 0 Å². The molecular formula is C12H21ClN2O. The number of rotatable bonds is 5. The van der Waals surface area contributed by atoms with Crippen molar-refractivity contribution >= 4 is 11.6 Å². The highest BCUT2D eigenvalue weighted by Crippen LogP contribution is 2.24. The van der Waals surface area contributed by atoms with Crippen LogP contribution in [0.25, 0.3) is 0 Å². The first-order valence-corrected chi connectivity index (χ1v) is 6.25. The minimum Gasteiger partial charge on any atom is -0.392 e. The summed E-state index contributed by atoms with van der Waals surface area (Å²) in [6, 6.07) is 0. The van der Waals surface area contributed by atoms with E-state index >= 15 is 0 Å². The Labute approximate surface area is 102 Å². The summed E-state index contributed by atoms with van der Waals surface area (Å²) in [7, 11) is 1.87. The highest BCUT2D eigenvalue weighted by atomic mass is 35.5. The lowest BCUT2D eigenvalue weighted by Gasteiger charge is -2.20. The average molecular weight is 245 g/mol. The van der Waals surface area contributed by atoms with Crippen molar-refractivity contribution in [3.8, 4) is 0 Å². The SMILES string of the molecule is CCC(CC)C(O)Cc1c(Cl)c(C)nn1C. The molecule has 0 saturated carbocycles. The molecule has 0 saturated heterocycles. The molecule has 0 aliphatic carbocycles. The molecule has 4 heteroatoms. The lowest BCUT2D eigenvalue weighted by molar-refractivity contribution is 0.101. The van der Waals surface area contributed by atoms with Gasteiger partial charge in [-0.1, -0.05) is 38.3 Å². The molecule has 1 heterocycles. The standard InChI is InChI=1S/C12H21ClN2O/c1-5-9(6-2)11(16)7-10-12(13)8(3)14-15(10)4/h9,11,16H,5-7H2,1-4H3. The summed E-state index contributed by atoms with van der Waals surface area (Å²) in [4.78, 5) is 0. The zero-order chi connectivity index (χ0) is 12.3. The van der Waals surface area contributed by atoms with Gasteiger partial charge in [0.2, 0.25) is 0 Å². The van der Waals surface area contributed by atoms with Crippen LogP contribution >= 0.6 is 11.6 Å². The van der Waals surface area contributed by atoms with Crippen molar-refractivity contribution < 1.29 is 5.11 Å². The summed E-state index contributed by atoms with van der Waals surface area (Å²) < 4.78 is 1.77. The molecule has 0 aliphatic heterocycles. The molecule has 1 aromatic heterocycles. The van der Waals surface area contributed by atoms with E-state index in [0.29, 0.717) is 17.4 Å². The molecule has 0 spiro atoms. The molecule has 0 aromatic carbocycles. The number of aryl methyl sites for hydroxylation is 2. The summed E-state index contributed by atoms with van der Waals surface area (Å²) in [5.41, 5.74) is 1.76. The highest BCUT2D eigenvalue weighted by molar-refractivity contribution is 6.31. The second kappa shape index (κ2) is 5.69. The molecule has 1 N–H and O–H groups in total. The van der Waals surface area contributed by atoms with Gasteiger partial charge in [-0.25, -0.2) is 0 Å². The van der Waals surface area contributed by atoms with Crippen LogP contribution < -0.4 is 0 Å². The molecule has 0 fully saturated rings. The molecule has 1 aromatic rings. The van der Waals surface area contributed by atoms with Gasteiger partial charge in [0, 0.05) is 13.5 Å². The number of aliphatic hydroxyl groups is 1. The molecule has 1 rings (SSSR count). The number of hydrogen-bond acceptors (Lipinski definition) is 2. The predicted octanol–water partition coefficient (Wildman–Crippen LogP) is 2.72. The van der Waals surface area contributed by atoms with Crippen LogP contribution in [0.2, 0.25) is 5.02 Å². The second-order valence-corrected chi connectivity index (χ2v) is 4.70. The Balaban J connectivity index is 2.80. The van der Waals surface area contributed by atoms with E-state index in [2.05, 4.69) is 18.9 Å². The van der Waals surface area contributed by atoms with Gasteiger partial charge < -0.3 is 5.11 Å². The average Bonchev–Trinajstić information content (AvgIpc) is 2.47. The monoisotopic (exact) mass is 244 g/mol. The van der Waals surface area contributed by atoms with Crippen molar-refractivity contribution in [1.29, 1.82) is 0 Å². The number of hydrogen-bond donors (Lipinski definition) is 1. The van der Waals surface area contributed by atoms with Crippen LogP contribution in [0.3, 0.4) is 0 Å². The van der Waals surface area contributed by atoms with E-state index in [0.717, 1.165) is 24.2 Å². The summed E-state index contributed by atoms with van der Waals surface area (Å²) in [5.74, 6) is 0.339. The van der Waals surface area contributed by atoms with Gasteiger partial charge in [-0.3, -0.25) is 4.68 Å². The molecule has 3 nitrogen and oxygen atoms in total. The molecule has 92 valence electrons. The predicted molar refractivity (Wildman–Crippen MR) is 66.7 cm³/mol. The Bertz CT molecular complexity index is 345. The Kier molecular flexibility index (Phi) is 4.81. The molecule has 1 atom stereocenters. The zero-order valence-electron chi connectivity index (χ0n) is 10.5. The second-order valence-electron chi connectivity index (χ2n) is 4.32. The quantitative estimate of drug-likeness (QED) is 0.865. The lowest BCUT2D eigenvalue weighted by Crippen LogP contribution is -2.23. The van der Waals surface area contributed by atoms with Gasteiger partial charge in [-0.05, 0) is 12.8 Å². The molecule has 0 bridgehead atoms. The fourth-order valence-corrected chi connectivity index (χ4v) is 2.34. The fourth-order valence-electron chi connectivity index (χ4n) is 2.10. The molecule has 0 aliphatic rings. The third kappa shape index (κ3) is 2.77. The highest BCUT2D eigenvalue weighted by Gasteiger charge is 2.20. The van der Waals surface area contributed by atoms with Crippen LogP contribution in [-0.2, 0) is 13.5 Å². The van der Waals surface area contributed by atoms with E-state index in [1.165, 1.54) is 0 Å². The summed E-state index contributed by atoms with van der Waals surface area (Å²) in [5, 5.41) is 15.1. The summed E-state index contributed by atoms with van der Waals surface area (Å²) in [6.45, 7) is 6.09. The Hall–Kier alpha value is -0.540. The molecule has 16 heavy (non-hydrogen) atoms. The number of halogens is 1. The van der Waals surface area contributed by atoms with Crippen molar-refractivity contribution in [3.63, 3.8) is 0 Å². The van der Waals surface area contributed by atoms with Crippen LogP contribution in [0.15, 0.2) is 0 Å². The van der Waals surface area contributed by atoms with Gasteiger partial charge in [-0.2, -0.15) is 5.10 Å². The van der Waals surface area contributed by atoms with E-state index in [1.807, 2.05) is 14.0 Å². The van der Waals surface area contributed by atoms with E-state index in [9.17, 15) is 5.11 Å². The maximum Gasteiger partial charge on any atom is 0.0847 e. The summed E-state index contributed by atoms with van der Waals surface area (Å²) in [6.07, 6.45) is 2.24. The maximum absolute atomic E-state index is 10.1. The molecule has 0 radical (unpaired) electrons. The Morgan fingerprint density at radius 2 is 1.94 bits per heavy atom. The van der Waals surface area contributed by atoms with Gasteiger partial charge in [0.15, 0.2) is 0 Å². The molecule has 0 amide bonds. The van der Waals surface area contributed by atoms with Crippen LogP contribution in [0.1, 0.15) is 38.1 Å². The Morgan fingerprint density at radius 3 is 2.31 bits per heavy atom. The van der Waals surface area contributed by atoms with Gasteiger partial charge in [0.05, 0.1) is 22.5 Å². The first-order valence-electron chi connectivity index (χ1n) is 5.87. The van der Waals surface area contributed by atoms with Gasteiger partial charge in [0.25, 0.3) is 0 Å². The minimum absolute atomic E-state index is 0.331. The Morgan fingerprint density at radius 1 is 1.38 bits per heavy atom. The van der Waals surface area contributed by atoms with Crippen LogP contribution in [0.5, 0.6) is 0 Å². The first kappa shape index (κ1) is 13.5. The van der Waals surface area contributed by atoms with Crippen LogP contribution in [-0.4, -0.2) is 21.0 Å². The topological polar surface area (TPSA) is 38.1 Å². The van der Waals surface area contributed by atoms with Gasteiger partial charge in [0.1, 0.15) is 0 Å². The third-order valence-electron chi connectivity index (χ3n) is 3.26. The van der Waals surface area contributed by atoms with E-state index in [4.69, 9.17) is 11.6 Å². The minimum atomic E-state index is -0.331. The smallest absolute Gasteiger partial charge is 0.0847 e. The lowest BCUT2D eigenvalue weighted by atomic mass is 9.93. The van der Waals surface area contributed by atoms with Gasteiger partial charge in [-0.15, -0.1) is 0 Å². The van der Waals surface area contributed by atoms with Crippen molar-refractivity contribution in [3.05, 3.63) is 16.4 Å². The van der Waals surface area contributed by atoms with E-state index < -0.39 is 0 Å². The summed E-state index contributed by atoms with van der Waals surface area (Å²) >= 11 is 6.15. The fraction of sp³-hybridized carbons (Fsp3) is 0.750.